The fraction of sp³-hybridized carbons (Fsp3) is 0.130. The number of hydrogen-bond donors (Lipinski definition) is 1. The first kappa shape index (κ1) is 15.1. The summed E-state index contributed by atoms with van der Waals surface area (Å²) < 4.78 is 0. The lowest BCUT2D eigenvalue weighted by Gasteiger charge is -2.19. The molecule has 126 valence electrons. The molecule has 0 amide bonds. The molecule has 2 aromatic heterocycles. The monoisotopic (exact) mass is 337 g/mol. The molecule has 0 aliphatic heterocycles. The Morgan fingerprint density at radius 3 is 2.15 bits per heavy atom. The highest BCUT2D eigenvalue weighted by atomic mass is 14.9. The molecule has 3 heteroatoms. The largest absolute Gasteiger partial charge is 0.346 e. The number of nitrogens with zero attached hydrogens (tertiary/aromatic N) is 2. The number of hydrogen-bond acceptors (Lipinski definition) is 2. The summed E-state index contributed by atoms with van der Waals surface area (Å²) in [4.78, 5) is 13.3. The predicted octanol–water partition coefficient (Wildman–Crippen LogP) is 5.21. The van der Waals surface area contributed by atoms with Gasteiger partial charge in [-0.2, -0.15) is 0 Å². The minimum Gasteiger partial charge on any atom is -0.346 e. The van der Waals surface area contributed by atoms with Gasteiger partial charge in [-0.25, -0.2) is 4.98 Å². The van der Waals surface area contributed by atoms with Gasteiger partial charge in [0.25, 0.3) is 0 Å². The van der Waals surface area contributed by atoms with Gasteiger partial charge >= 0.3 is 0 Å². The summed E-state index contributed by atoms with van der Waals surface area (Å²) in [7, 11) is 0. The van der Waals surface area contributed by atoms with Crippen LogP contribution in [0.3, 0.4) is 0 Å². The van der Waals surface area contributed by atoms with Gasteiger partial charge in [-0.1, -0.05) is 60.7 Å². The van der Waals surface area contributed by atoms with Gasteiger partial charge in [0, 0.05) is 22.4 Å². The molecule has 0 bridgehead atoms. The first-order chi connectivity index (χ1) is 12.8. The minimum absolute atomic E-state index is 0.943. The topological polar surface area (TPSA) is 41.6 Å². The molecule has 1 aliphatic carbocycles. The van der Waals surface area contributed by atoms with Gasteiger partial charge in [0.05, 0.1) is 17.1 Å². The number of nitrogens with one attached hydrogen (secondary N) is 1. The third-order valence-electron chi connectivity index (χ3n) is 5.00. The molecule has 0 spiro atoms. The maximum absolute atomic E-state index is 5.11. The SMILES string of the molecule is Cc1nc2c([nH]1)CCc1nc(-c3ccccc3)c(-c3ccccc3)cc1-2. The number of imidazole rings is 1. The van der Waals surface area contributed by atoms with Crippen molar-refractivity contribution >= 4 is 0 Å². The van der Waals surface area contributed by atoms with E-state index in [1.54, 1.807) is 0 Å². The molecule has 26 heavy (non-hydrogen) atoms. The molecule has 0 fully saturated rings. The van der Waals surface area contributed by atoms with Crippen LogP contribution in [0.25, 0.3) is 33.6 Å². The zero-order valence-electron chi connectivity index (χ0n) is 14.7. The van der Waals surface area contributed by atoms with Crippen molar-refractivity contribution < 1.29 is 0 Å². The van der Waals surface area contributed by atoms with Crippen molar-refractivity contribution in [1.29, 1.82) is 0 Å². The molecule has 0 radical (unpaired) electrons. The molecule has 0 saturated carbocycles. The highest BCUT2D eigenvalue weighted by Gasteiger charge is 2.23. The van der Waals surface area contributed by atoms with E-state index in [0.29, 0.717) is 0 Å². The van der Waals surface area contributed by atoms with Crippen molar-refractivity contribution in [2.75, 3.05) is 0 Å². The molecule has 2 heterocycles. The lowest BCUT2D eigenvalue weighted by molar-refractivity contribution is 0.871. The Balaban J connectivity index is 1.79. The molecule has 0 saturated heterocycles. The van der Waals surface area contributed by atoms with Crippen LogP contribution in [0.1, 0.15) is 17.2 Å². The normalized spacial score (nSPS) is 12.5. The van der Waals surface area contributed by atoms with E-state index in [1.807, 2.05) is 19.1 Å². The molecule has 1 aliphatic rings. The Morgan fingerprint density at radius 1 is 0.731 bits per heavy atom. The number of benzene rings is 2. The molecule has 2 aromatic carbocycles. The second-order valence-corrected chi connectivity index (χ2v) is 6.76. The zero-order valence-corrected chi connectivity index (χ0v) is 14.7. The van der Waals surface area contributed by atoms with Crippen molar-refractivity contribution in [3.8, 4) is 33.6 Å². The lowest BCUT2D eigenvalue weighted by atomic mass is 9.91. The summed E-state index contributed by atoms with van der Waals surface area (Å²) in [5.74, 6) is 0.969. The third-order valence-corrected chi connectivity index (χ3v) is 5.00. The van der Waals surface area contributed by atoms with Gasteiger partial charge in [-0.15, -0.1) is 0 Å². The predicted molar refractivity (Wildman–Crippen MR) is 105 cm³/mol. The van der Waals surface area contributed by atoms with E-state index in [0.717, 1.165) is 52.4 Å². The highest BCUT2D eigenvalue weighted by molar-refractivity contribution is 5.85. The smallest absolute Gasteiger partial charge is 0.103 e. The van der Waals surface area contributed by atoms with Gasteiger partial charge in [-0.3, -0.25) is 4.98 Å². The molecule has 0 unspecified atom stereocenters. The second kappa shape index (κ2) is 5.95. The van der Waals surface area contributed by atoms with Gasteiger partial charge in [-0.05, 0) is 31.4 Å². The maximum atomic E-state index is 5.11. The van der Waals surface area contributed by atoms with E-state index in [2.05, 4.69) is 59.6 Å². The fourth-order valence-corrected chi connectivity index (χ4v) is 3.79. The molecular formula is C23H19N3. The molecule has 1 N–H and O–H groups in total. The van der Waals surface area contributed by atoms with Gasteiger partial charge in [0.1, 0.15) is 5.82 Å². The Bertz CT molecular complexity index is 1080. The summed E-state index contributed by atoms with van der Waals surface area (Å²) in [5, 5.41) is 0. The van der Waals surface area contributed by atoms with Crippen LogP contribution >= 0.6 is 0 Å². The van der Waals surface area contributed by atoms with Crippen molar-refractivity contribution in [2.24, 2.45) is 0 Å². The summed E-state index contributed by atoms with van der Waals surface area (Å²) in [6.45, 7) is 2.02. The molecular weight excluding hydrogens is 318 g/mol. The molecule has 3 nitrogen and oxygen atoms in total. The van der Waals surface area contributed by atoms with Crippen molar-refractivity contribution in [1.82, 2.24) is 15.0 Å². The van der Waals surface area contributed by atoms with Crippen LogP contribution in [-0.2, 0) is 12.8 Å². The van der Waals surface area contributed by atoms with Crippen LogP contribution in [0.2, 0.25) is 0 Å². The average Bonchev–Trinajstić information content (AvgIpc) is 3.09. The third kappa shape index (κ3) is 2.44. The highest BCUT2D eigenvalue weighted by Crippen LogP contribution is 2.38. The molecule has 5 rings (SSSR count). The number of aromatic amines is 1. The summed E-state index contributed by atoms with van der Waals surface area (Å²) >= 11 is 0. The molecule has 0 atom stereocenters. The van der Waals surface area contributed by atoms with Crippen LogP contribution in [0.5, 0.6) is 0 Å². The number of rotatable bonds is 2. The zero-order chi connectivity index (χ0) is 17.5. The quantitative estimate of drug-likeness (QED) is 0.545. The van der Waals surface area contributed by atoms with Gasteiger partial charge in [0.15, 0.2) is 0 Å². The van der Waals surface area contributed by atoms with Crippen LogP contribution in [0, 0.1) is 6.92 Å². The van der Waals surface area contributed by atoms with Crippen LogP contribution in [-0.4, -0.2) is 15.0 Å². The number of fused-ring (bicyclic) bond motifs is 3. The van der Waals surface area contributed by atoms with Crippen molar-refractivity contribution in [2.45, 2.75) is 19.8 Å². The second-order valence-electron chi connectivity index (χ2n) is 6.76. The standard InChI is InChI=1S/C23H19N3/c1-15-24-21-13-12-20-19(23(21)25-15)14-18(16-8-4-2-5-9-16)22(26-20)17-10-6-3-7-11-17/h2-11,14H,12-13H2,1H3,(H,24,25). The first-order valence-corrected chi connectivity index (χ1v) is 9.00. The summed E-state index contributed by atoms with van der Waals surface area (Å²) in [6.07, 6.45) is 1.91. The van der Waals surface area contributed by atoms with Crippen LogP contribution in [0.15, 0.2) is 66.7 Å². The number of pyridine rings is 1. The van der Waals surface area contributed by atoms with Crippen LogP contribution < -0.4 is 0 Å². The summed E-state index contributed by atoms with van der Waals surface area (Å²) in [6, 6.07) is 23.2. The lowest BCUT2D eigenvalue weighted by Crippen LogP contribution is -2.07. The van der Waals surface area contributed by atoms with Gasteiger partial charge in [0.2, 0.25) is 0 Å². The Labute approximate surface area is 152 Å². The Kier molecular flexibility index (Phi) is 3.45. The number of aromatic nitrogens is 3. The van der Waals surface area contributed by atoms with E-state index in [9.17, 15) is 0 Å². The van der Waals surface area contributed by atoms with Crippen molar-refractivity contribution in [3.05, 3.63) is 83.9 Å². The average molecular weight is 337 g/mol. The first-order valence-electron chi connectivity index (χ1n) is 9.00. The fourth-order valence-electron chi connectivity index (χ4n) is 3.79. The summed E-state index contributed by atoms with van der Waals surface area (Å²) in [5.41, 5.74) is 9.13. The number of aryl methyl sites for hydroxylation is 3. The number of H-pyrrole nitrogens is 1. The van der Waals surface area contributed by atoms with E-state index in [-0.39, 0.29) is 0 Å². The van der Waals surface area contributed by atoms with E-state index in [1.165, 1.54) is 11.3 Å². The Hall–Kier alpha value is -3.20. The van der Waals surface area contributed by atoms with Gasteiger partial charge < -0.3 is 4.98 Å². The minimum atomic E-state index is 0.943. The van der Waals surface area contributed by atoms with Crippen molar-refractivity contribution in [3.63, 3.8) is 0 Å². The van der Waals surface area contributed by atoms with E-state index < -0.39 is 0 Å². The van der Waals surface area contributed by atoms with Crippen LogP contribution in [0.4, 0.5) is 0 Å². The van der Waals surface area contributed by atoms with E-state index in [4.69, 9.17) is 9.97 Å². The van der Waals surface area contributed by atoms with E-state index >= 15 is 0 Å². The Morgan fingerprint density at radius 2 is 1.42 bits per heavy atom. The molecule has 4 aromatic rings. The maximum Gasteiger partial charge on any atom is 0.103 e.